The fourth-order valence-corrected chi connectivity index (χ4v) is 5.66. The maximum absolute atomic E-state index is 13.2. The smallest absolute Gasteiger partial charge is 0.356 e. The standard InChI is InChI=1S/C30H29FNO6P/c31-24-8-1-20(2-9-24)27(33)13-6-22-17-23(7-14-28(22)34)30(15-16-32-30)26-12-5-21(18-29(26)35)19-3-10-25(11-4-19)39(36,37)38/h1-5,7-12,14,17-18,27,32-35H,6,13,15-16H2,(H2,36,37,38)/t27-,30-/m0/s1. The summed E-state index contributed by atoms with van der Waals surface area (Å²) in [6, 6.07) is 22.3. The van der Waals surface area contributed by atoms with Crippen LogP contribution >= 0.6 is 7.60 Å². The van der Waals surface area contributed by atoms with Crippen molar-refractivity contribution in [3.05, 3.63) is 113 Å². The average Bonchev–Trinajstić information content (AvgIpc) is 2.88. The van der Waals surface area contributed by atoms with Gasteiger partial charge in [0.1, 0.15) is 17.3 Å². The van der Waals surface area contributed by atoms with Crippen LogP contribution in [0.25, 0.3) is 11.1 Å². The van der Waals surface area contributed by atoms with Gasteiger partial charge in [-0.1, -0.05) is 42.5 Å². The molecule has 0 unspecified atom stereocenters. The summed E-state index contributed by atoms with van der Waals surface area (Å²) in [6.45, 7) is 0.741. The van der Waals surface area contributed by atoms with E-state index in [-0.39, 0.29) is 22.6 Å². The minimum Gasteiger partial charge on any atom is -0.508 e. The van der Waals surface area contributed by atoms with E-state index in [0.717, 1.165) is 18.5 Å². The molecule has 0 bridgehead atoms. The number of hydrogen-bond donors (Lipinski definition) is 6. The van der Waals surface area contributed by atoms with Crippen LogP contribution in [0.4, 0.5) is 4.39 Å². The summed E-state index contributed by atoms with van der Waals surface area (Å²) in [5.74, 6) is -0.193. The number of hydrogen-bond acceptors (Lipinski definition) is 5. The van der Waals surface area contributed by atoms with E-state index in [1.807, 2.05) is 24.3 Å². The first-order chi connectivity index (χ1) is 18.6. The topological polar surface area (TPSA) is 130 Å². The second-order valence-corrected chi connectivity index (χ2v) is 11.5. The van der Waals surface area contributed by atoms with Gasteiger partial charge in [-0.25, -0.2) is 4.39 Å². The highest BCUT2D eigenvalue weighted by Gasteiger charge is 2.42. The summed E-state index contributed by atoms with van der Waals surface area (Å²) in [7, 11) is -4.34. The second kappa shape index (κ2) is 10.6. The van der Waals surface area contributed by atoms with Gasteiger partial charge in [0.25, 0.3) is 0 Å². The number of phenolic OH excluding ortho intramolecular Hbond substituents is 2. The van der Waals surface area contributed by atoms with Gasteiger partial charge in [0.15, 0.2) is 0 Å². The molecule has 0 amide bonds. The number of aliphatic hydroxyl groups is 1. The van der Waals surface area contributed by atoms with Crippen molar-refractivity contribution < 1.29 is 34.1 Å². The number of aryl methyl sites for hydroxylation is 1. The molecule has 202 valence electrons. The van der Waals surface area contributed by atoms with E-state index < -0.39 is 19.2 Å². The number of aliphatic hydroxyl groups excluding tert-OH is 1. The van der Waals surface area contributed by atoms with Crippen molar-refractivity contribution in [2.24, 2.45) is 0 Å². The zero-order valence-electron chi connectivity index (χ0n) is 21.0. The first-order valence-corrected chi connectivity index (χ1v) is 14.2. The van der Waals surface area contributed by atoms with Crippen molar-refractivity contribution in [3.63, 3.8) is 0 Å². The molecular weight excluding hydrogens is 520 g/mol. The van der Waals surface area contributed by atoms with Gasteiger partial charge in [0.2, 0.25) is 0 Å². The fraction of sp³-hybridized carbons (Fsp3) is 0.200. The SMILES string of the molecule is O=P(O)(O)c1ccc(-c2ccc([C@@]3(c4ccc(O)c(CC[C@H](O)c5ccc(F)cc5)c4)CCN3)c(O)c2)cc1. The molecule has 4 aromatic carbocycles. The van der Waals surface area contributed by atoms with E-state index >= 15 is 0 Å². The molecule has 0 radical (unpaired) electrons. The Morgan fingerprint density at radius 2 is 1.54 bits per heavy atom. The van der Waals surface area contributed by atoms with Crippen molar-refractivity contribution in [1.29, 1.82) is 0 Å². The van der Waals surface area contributed by atoms with E-state index in [0.29, 0.717) is 40.7 Å². The van der Waals surface area contributed by atoms with Crippen LogP contribution < -0.4 is 10.6 Å². The van der Waals surface area contributed by atoms with Crippen LogP contribution in [-0.2, 0) is 16.5 Å². The van der Waals surface area contributed by atoms with E-state index in [1.165, 1.54) is 24.3 Å². The third kappa shape index (κ3) is 5.48. The van der Waals surface area contributed by atoms with Gasteiger partial charge in [-0.15, -0.1) is 0 Å². The van der Waals surface area contributed by atoms with Gasteiger partial charge >= 0.3 is 7.60 Å². The highest BCUT2D eigenvalue weighted by molar-refractivity contribution is 7.60. The molecule has 1 fully saturated rings. The van der Waals surface area contributed by atoms with Crippen LogP contribution in [0.5, 0.6) is 11.5 Å². The van der Waals surface area contributed by atoms with Crippen LogP contribution in [0.15, 0.2) is 84.9 Å². The Bertz CT molecular complexity index is 1530. The molecule has 9 heteroatoms. The summed E-state index contributed by atoms with van der Waals surface area (Å²) >= 11 is 0. The van der Waals surface area contributed by atoms with Crippen LogP contribution in [-0.4, -0.2) is 31.7 Å². The van der Waals surface area contributed by atoms with Gasteiger partial charge in [-0.3, -0.25) is 4.57 Å². The lowest BCUT2D eigenvalue weighted by molar-refractivity contribution is 0.167. The minimum atomic E-state index is -4.34. The molecular formula is C30H29FNO6P. The number of benzene rings is 4. The maximum Gasteiger partial charge on any atom is 0.356 e. The number of halogens is 1. The average molecular weight is 550 g/mol. The molecule has 0 aliphatic carbocycles. The summed E-state index contributed by atoms with van der Waals surface area (Å²) in [5, 5.41) is 35.5. The van der Waals surface area contributed by atoms with Crippen molar-refractivity contribution >= 4 is 12.9 Å². The third-order valence-corrected chi connectivity index (χ3v) is 8.41. The Labute approximate surface area is 225 Å². The van der Waals surface area contributed by atoms with Crippen LogP contribution in [0, 0.1) is 5.82 Å². The first kappa shape index (κ1) is 27.1. The Morgan fingerprint density at radius 3 is 2.13 bits per heavy atom. The minimum absolute atomic E-state index is 0.0696. The lowest BCUT2D eigenvalue weighted by Crippen LogP contribution is -2.54. The fourth-order valence-electron chi connectivity index (χ4n) is 5.12. The molecule has 0 aromatic heterocycles. The molecule has 1 aliphatic rings. The summed E-state index contributed by atoms with van der Waals surface area (Å²) in [6.07, 6.45) is 0.643. The molecule has 1 aliphatic heterocycles. The maximum atomic E-state index is 13.2. The molecule has 0 saturated carbocycles. The van der Waals surface area contributed by atoms with E-state index in [1.54, 1.807) is 36.4 Å². The van der Waals surface area contributed by atoms with E-state index in [4.69, 9.17) is 0 Å². The molecule has 4 aromatic rings. The Balaban J connectivity index is 1.39. The lowest BCUT2D eigenvalue weighted by atomic mass is 9.74. The van der Waals surface area contributed by atoms with Crippen molar-refractivity contribution in [3.8, 4) is 22.6 Å². The molecule has 0 spiro atoms. The van der Waals surface area contributed by atoms with E-state index in [2.05, 4.69) is 5.32 Å². The zero-order chi connectivity index (χ0) is 27.8. The van der Waals surface area contributed by atoms with Crippen LogP contribution in [0.2, 0.25) is 0 Å². The lowest BCUT2D eigenvalue weighted by Gasteiger charge is -2.45. The predicted octanol–water partition coefficient (Wildman–Crippen LogP) is 4.61. The van der Waals surface area contributed by atoms with Crippen LogP contribution in [0.3, 0.4) is 0 Å². The number of nitrogens with one attached hydrogen (secondary N) is 1. The molecule has 39 heavy (non-hydrogen) atoms. The van der Waals surface area contributed by atoms with Crippen molar-refractivity contribution in [1.82, 2.24) is 5.32 Å². The zero-order valence-corrected chi connectivity index (χ0v) is 21.9. The second-order valence-electron chi connectivity index (χ2n) is 9.85. The Kier molecular flexibility index (Phi) is 7.33. The summed E-state index contributed by atoms with van der Waals surface area (Å²) in [5.41, 5.74) is 3.54. The molecule has 7 nitrogen and oxygen atoms in total. The third-order valence-electron chi connectivity index (χ3n) is 7.44. The molecule has 6 N–H and O–H groups in total. The molecule has 1 heterocycles. The van der Waals surface area contributed by atoms with E-state index in [9.17, 15) is 34.1 Å². The Hall–Kier alpha value is -3.52. The molecule has 5 rings (SSSR count). The van der Waals surface area contributed by atoms with Gasteiger partial charge in [0.05, 0.1) is 16.9 Å². The van der Waals surface area contributed by atoms with Crippen molar-refractivity contribution in [2.45, 2.75) is 30.9 Å². The normalized spacial score (nSPS) is 17.9. The highest BCUT2D eigenvalue weighted by Crippen LogP contribution is 2.44. The number of phenols is 2. The summed E-state index contributed by atoms with van der Waals surface area (Å²) < 4.78 is 24.7. The monoisotopic (exact) mass is 549 g/mol. The number of aromatic hydroxyl groups is 2. The molecule has 2 atom stereocenters. The van der Waals surface area contributed by atoms with Gasteiger partial charge in [-0.05, 0) is 96.1 Å². The van der Waals surface area contributed by atoms with Crippen LogP contribution in [0.1, 0.15) is 41.2 Å². The number of rotatable bonds is 8. The predicted molar refractivity (Wildman–Crippen MR) is 146 cm³/mol. The summed E-state index contributed by atoms with van der Waals surface area (Å²) in [4.78, 5) is 18.7. The largest absolute Gasteiger partial charge is 0.508 e. The van der Waals surface area contributed by atoms with Gasteiger partial charge in [0, 0.05) is 5.56 Å². The quantitative estimate of drug-likeness (QED) is 0.177. The highest BCUT2D eigenvalue weighted by atomic mass is 31.2. The van der Waals surface area contributed by atoms with Gasteiger partial charge < -0.3 is 30.4 Å². The molecule has 1 saturated heterocycles. The van der Waals surface area contributed by atoms with Gasteiger partial charge in [-0.2, -0.15) is 0 Å². The Morgan fingerprint density at radius 1 is 0.872 bits per heavy atom. The first-order valence-electron chi connectivity index (χ1n) is 12.6. The van der Waals surface area contributed by atoms with Crippen molar-refractivity contribution in [2.75, 3.05) is 6.54 Å².